The van der Waals surface area contributed by atoms with Gasteiger partial charge in [0.2, 0.25) is 0 Å². The monoisotopic (exact) mass is 493 g/mol. The minimum Gasteiger partial charge on any atom is -0.465 e. The first-order valence-electron chi connectivity index (χ1n) is 8.39. The highest BCUT2D eigenvalue weighted by Crippen LogP contribution is 2.25. The van der Waals surface area contributed by atoms with Gasteiger partial charge in [0.1, 0.15) is 0 Å². The SMILES string of the molecule is COC(=O)c1cc(C(=O)OC)cc(S(=O)(=O)Nc2ccccc2-n2cc(Br)cn2)c1. The third-order valence-electron chi connectivity index (χ3n) is 4.01. The minimum absolute atomic E-state index is 0.106. The molecule has 9 nitrogen and oxygen atoms in total. The molecule has 156 valence electrons. The van der Waals surface area contributed by atoms with Gasteiger partial charge in [0.15, 0.2) is 0 Å². The van der Waals surface area contributed by atoms with E-state index in [1.807, 2.05) is 0 Å². The lowest BCUT2D eigenvalue weighted by Crippen LogP contribution is -2.17. The number of halogens is 1. The molecule has 0 aliphatic heterocycles. The molecule has 2 aromatic carbocycles. The van der Waals surface area contributed by atoms with Gasteiger partial charge in [0.25, 0.3) is 10.0 Å². The average Bonchev–Trinajstić information content (AvgIpc) is 3.18. The molecule has 1 N–H and O–H groups in total. The molecule has 1 heterocycles. The molecule has 11 heteroatoms. The van der Waals surface area contributed by atoms with Crippen LogP contribution in [0, 0.1) is 0 Å². The van der Waals surface area contributed by atoms with E-state index in [9.17, 15) is 18.0 Å². The molecule has 0 radical (unpaired) electrons. The summed E-state index contributed by atoms with van der Waals surface area (Å²) in [6.07, 6.45) is 3.23. The van der Waals surface area contributed by atoms with E-state index in [1.165, 1.54) is 10.7 Å². The fourth-order valence-electron chi connectivity index (χ4n) is 2.62. The number of nitrogens with one attached hydrogen (secondary N) is 1. The zero-order valence-electron chi connectivity index (χ0n) is 15.8. The fraction of sp³-hybridized carbons (Fsp3) is 0.105. The summed E-state index contributed by atoms with van der Waals surface area (Å²) in [5.41, 5.74) is 0.510. The normalized spacial score (nSPS) is 11.0. The van der Waals surface area contributed by atoms with Crippen molar-refractivity contribution in [2.75, 3.05) is 18.9 Å². The largest absolute Gasteiger partial charge is 0.465 e. The van der Waals surface area contributed by atoms with Crippen molar-refractivity contribution in [2.24, 2.45) is 0 Å². The Morgan fingerprint density at radius 1 is 1.03 bits per heavy atom. The van der Waals surface area contributed by atoms with Crippen LogP contribution in [0.5, 0.6) is 0 Å². The van der Waals surface area contributed by atoms with Gasteiger partial charge in [-0.25, -0.2) is 22.7 Å². The molecule has 1 aromatic heterocycles. The van der Waals surface area contributed by atoms with E-state index in [4.69, 9.17) is 0 Å². The van der Waals surface area contributed by atoms with Crippen molar-refractivity contribution in [3.05, 3.63) is 70.5 Å². The van der Waals surface area contributed by atoms with Gasteiger partial charge in [-0.3, -0.25) is 4.72 Å². The summed E-state index contributed by atoms with van der Waals surface area (Å²) in [5.74, 6) is -1.59. The van der Waals surface area contributed by atoms with Crippen LogP contribution in [0.2, 0.25) is 0 Å². The Labute approximate surface area is 180 Å². The molecule has 0 saturated carbocycles. The molecule has 0 unspecified atom stereocenters. The number of sulfonamides is 1. The van der Waals surface area contributed by atoms with Crippen molar-refractivity contribution in [3.8, 4) is 5.69 Å². The molecular formula is C19H16BrN3O6S. The molecule has 3 aromatic rings. The Hall–Kier alpha value is -3.18. The summed E-state index contributed by atoms with van der Waals surface area (Å²) in [6.45, 7) is 0. The second-order valence-electron chi connectivity index (χ2n) is 5.95. The number of carbonyl (C=O) groups excluding carboxylic acids is 2. The number of hydrogen-bond donors (Lipinski definition) is 1. The third-order valence-corrected chi connectivity index (χ3v) is 5.76. The zero-order chi connectivity index (χ0) is 21.9. The number of para-hydroxylation sites is 2. The van der Waals surface area contributed by atoms with E-state index in [2.05, 4.69) is 35.2 Å². The second-order valence-corrected chi connectivity index (χ2v) is 8.55. The summed E-state index contributed by atoms with van der Waals surface area (Å²) in [5, 5.41) is 4.16. The van der Waals surface area contributed by atoms with E-state index < -0.39 is 22.0 Å². The number of methoxy groups -OCH3 is 2. The molecule has 3 rings (SSSR count). The molecule has 0 aliphatic carbocycles. The van der Waals surface area contributed by atoms with Crippen molar-refractivity contribution in [1.82, 2.24) is 9.78 Å². The molecular weight excluding hydrogens is 478 g/mol. The Morgan fingerprint density at radius 3 is 2.17 bits per heavy atom. The lowest BCUT2D eigenvalue weighted by atomic mass is 10.1. The van der Waals surface area contributed by atoms with E-state index in [1.54, 1.807) is 36.7 Å². The Kier molecular flexibility index (Phi) is 6.22. The number of ether oxygens (including phenoxy) is 2. The number of nitrogens with zero attached hydrogens (tertiary/aromatic N) is 2. The topological polar surface area (TPSA) is 117 Å². The van der Waals surface area contributed by atoms with Gasteiger partial charge in [0.05, 0.1) is 52.3 Å². The highest BCUT2D eigenvalue weighted by molar-refractivity contribution is 9.10. The van der Waals surface area contributed by atoms with Crippen LogP contribution in [-0.2, 0) is 19.5 Å². The molecule has 0 amide bonds. The van der Waals surface area contributed by atoms with Crippen LogP contribution in [0.15, 0.2) is 64.2 Å². The van der Waals surface area contributed by atoms with Gasteiger partial charge < -0.3 is 9.47 Å². The van der Waals surface area contributed by atoms with Crippen molar-refractivity contribution >= 4 is 43.6 Å². The number of carbonyl (C=O) groups is 2. The summed E-state index contributed by atoms with van der Waals surface area (Å²) in [7, 11) is -1.88. The Bertz CT molecular complexity index is 1190. The van der Waals surface area contributed by atoms with E-state index in [-0.39, 0.29) is 21.7 Å². The number of anilines is 1. The van der Waals surface area contributed by atoms with Gasteiger partial charge in [-0.1, -0.05) is 12.1 Å². The highest BCUT2D eigenvalue weighted by atomic mass is 79.9. The lowest BCUT2D eigenvalue weighted by Gasteiger charge is -2.14. The fourth-order valence-corrected chi connectivity index (χ4v) is 4.05. The lowest BCUT2D eigenvalue weighted by molar-refractivity contribution is 0.0598. The maximum atomic E-state index is 13.1. The van der Waals surface area contributed by atoms with E-state index >= 15 is 0 Å². The molecule has 0 aliphatic rings. The van der Waals surface area contributed by atoms with Gasteiger partial charge in [0, 0.05) is 6.20 Å². The quantitative estimate of drug-likeness (QED) is 0.524. The number of esters is 2. The first-order valence-corrected chi connectivity index (χ1v) is 10.7. The Balaban J connectivity index is 2.07. The average molecular weight is 494 g/mol. The molecule has 0 atom stereocenters. The predicted octanol–water partition coefficient (Wildman–Crippen LogP) is 3.01. The standard InChI is InChI=1S/C19H16BrN3O6S/c1-28-18(24)12-7-13(19(25)29-2)9-15(8-12)30(26,27)22-16-5-3-4-6-17(16)23-11-14(20)10-21-23/h3-11,22H,1-2H3. The number of hydrogen-bond acceptors (Lipinski definition) is 7. The van der Waals surface area contributed by atoms with Crippen molar-refractivity contribution in [1.29, 1.82) is 0 Å². The smallest absolute Gasteiger partial charge is 0.337 e. The molecule has 0 saturated heterocycles. The van der Waals surface area contributed by atoms with Crippen LogP contribution in [0.3, 0.4) is 0 Å². The maximum absolute atomic E-state index is 13.1. The van der Waals surface area contributed by atoms with Crippen LogP contribution in [0.4, 0.5) is 5.69 Å². The van der Waals surface area contributed by atoms with Crippen molar-refractivity contribution < 1.29 is 27.5 Å². The van der Waals surface area contributed by atoms with Gasteiger partial charge in [-0.15, -0.1) is 0 Å². The molecule has 0 fully saturated rings. The third kappa shape index (κ3) is 4.52. The van der Waals surface area contributed by atoms with E-state index in [0.29, 0.717) is 10.2 Å². The summed E-state index contributed by atoms with van der Waals surface area (Å²) in [4.78, 5) is 23.6. The molecule has 0 bridgehead atoms. The number of benzene rings is 2. The summed E-state index contributed by atoms with van der Waals surface area (Å²) >= 11 is 3.30. The zero-order valence-corrected chi connectivity index (χ0v) is 18.2. The van der Waals surface area contributed by atoms with Gasteiger partial charge >= 0.3 is 11.9 Å². The Morgan fingerprint density at radius 2 is 1.63 bits per heavy atom. The van der Waals surface area contributed by atoms with Crippen molar-refractivity contribution in [2.45, 2.75) is 4.90 Å². The summed E-state index contributed by atoms with van der Waals surface area (Å²) in [6, 6.07) is 10.1. The van der Waals surface area contributed by atoms with Crippen LogP contribution in [0.1, 0.15) is 20.7 Å². The van der Waals surface area contributed by atoms with E-state index in [0.717, 1.165) is 26.4 Å². The predicted molar refractivity (Wildman–Crippen MR) is 111 cm³/mol. The molecule has 30 heavy (non-hydrogen) atoms. The van der Waals surface area contributed by atoms with Gasteiger partial charge in [-0.2, -0.15) is 5.10 Å². The van der Waals surface area contributed by atoms with Gasteiger partial charge in [-0.05, 0) is 46.3 Å². The minimum atomic E-state index is -4.18. The summed E-state index contributed by atoms with van der Waals surface area (Å²) < 4.78 is 40.1. The number of rotatable bonds is 6. The first-order chi connectivity index (χ1) is 14.2. The van der Waals surface area contributed by atoms with Crippen LogP contribution in [0.25, 0.3) is 5.69 Å². The van der Waals surface area contributed by atoms with Crippen LogP contribution in [-0.4, -0.2) is 44.4 Å². The highest BCUT2D eigenvalue weighted by Gasteiger charge is 2.22. The van der Waals surface area contributed by atoms with Crippen LogP contribution >= 0.6 is 15.9 Å². The number of aromatic nitrogens is 2. The van der Waals surface area contributed by atoms with Crippen molar-refractivity contribution in [3.63, 3.8) is 0 Å². The molecule has 0 spiro atoms. The van der Waals surface area contributed by atoms with Crippen LogP contribution < -0.4 is 4.72 Å². The first kappa shape index (κ1) is 21.5. The maximum Gasteiger partial charge on any atom is 0.337 e. The second kappa shape index (κ2) is 8.67.